The van der Waals surface area contributed by atoms with Crippen LogP contribution < -0.4 is 5.32 Å². The fraction of sp³-hybridized carbons (Fsp3) is 0.550. The molecule has 25 heavy (non-hydrogen) atoms. The van der Waals surface area contributed by atoms with Gasteiger partial charge in [0.2, 0.25) is 5.91 Å². The molecule has 0 spiro atoms. The van der Waals surface area contributed by atoms with Gasteiger partial charge in [-0.3, -0.25) is 9.69 Å². The predicted molar refractivity (Wildman–Crippen MR) is 100 cm³/mol. The number of benzene rings is 1. The van der Waals surface area contributed by atoms with Crippen LogP contribution in [-0.2, 0) is 16.0 Å². The largest absolute Gasteiger partial charge is 0.390 e. The zero-order valence-corrected chi connectivity index (χ0v) is 15.3. The summed E-state index contributed by atoms with van der Waals surface area (Å²) < 4.78 is 5.28. The van der Waals surface area contributed by atoms with Gasteiger partial charge in [0.05, 0.1) is 19.3 Å². The summed E-state index contributed by atoms with van der Waals surface area (Å²) >= 11 is 0. The highest BCUT2D eigenvalue weighted by Gasteiger charge is 2.14. The van der Waals surface area contributed by atoms with Crippen molar-refractivity contribution in [3.63, 3.8) is 0 Å². The highest BCUT2D eigenvalue weighted by Crippen LogP contribution is 2.10. The van der Waals surface area contributed by atoms with Crippen molar-refractivity contribution in [2.45, 2.75) is 26.4 Å². The molecular formula is C20H30N2O3. The molecule has 0 saturated carbocycles. The van der Waals surface area contributed by atoms with E-state index in [-0.39, 0.29) is 12.5 Å². The maximum absolute atomic E-state index is 11.9. The van der Waals surface area contributed by atoms with E-state index in [1.165, 1.54) is 11.6 Å². The Bertz CT molecular complexity index is 549. The molecule has 1 aliphatic rings. The Morgan fingerprint density at radius 3 is 2.60 bits per heavy atom. The maximum Gasteiger partial charge on any atom is 0.244 e. The Morgan fingerprint density at radius 2 is 1.96 bits per heavy atom. The Morgan fingerprint density at radius 1 is 1.28 bits per heavy atom. The van der Waals surface area contributed by atoms with Crippen LogP contribution in [0.5, 0.6) is 0 Å². The molecule has 1 fully saturated rings. The third kappa shape index (κ3) is 7.82. The zero-order valence-electron chi connectivity index (χ0n) is 15.3. The SMILES string of the molecule is CC(C)Cc1ccc(/C=C/C(=O)NCC(O)CN2CCOCC2)cc1. The Labute approximate surface area is 150 Å². The molecule has 1 aromatic rings. The number of nitrogens with one attached hydrogen (secondary N) is 1. The molecule has 1 aromatic carbocycles. The van der Waals surface area contributed by atoms with Crippen molar-refractivity contribution in [2.24, 2.45) is 5.92 Å². The van der Waals surface area contributed by atoms with Crippen LogP contribution in [0.25, 0.3) is 6.08 Å². The van der Waals surface area contributed by atoms with Crippen molar-refractivity contribution in [1.82, 2.24) is 10.2 Å². The normalized spacial score (nSPS) is 17.1. The van der Waals surface area contributed by atoms with Crippen LogP contribution in [-0.4, -0.2) is 61.4 Å². The lowest BCUT2D eigenvalue weighted by Gasteiger charge is -2.28. The summed E-state index contributed by atoms with van der Waals surface area (Å²) in [4.78, 5) is 14.0. The molecule has 5 heteroatoms. The fourth-order valence-corrected chi connectivity index (χ4v) is 2.83. The van der Waals surface area contributed by atoms with E-state index < -0.39 is 6.10 Å². The lowest BCUT2D eigenvalue weighted by Crippen LogP contribution is -2.44. The minimum atomic E-state index is -0.564. The first-order chi connectivity index (χ1) is 12.0. The molecule has 1 unspecified atom stereocenters. The summed E-state index contributed by atoms with van der Waals surface area (Å²) in [6, 6.07) is 8.25. The lowest BCUT2D eigenvalue weighted by molar-refractivity contribution is -0.117. The number of hydrogen-bond donors (Lipinski definition) is 2. The summed E-state index contributed by atoms with van der Waals surface area (Å²) in [7, 11) is 0. The molecular weight excluding hydrogens is 316 g/mol. The van der Waals surface area contributed by atoms with Crippen molar-refractivity contribution in [3.8, 4) is 0 Å². The number of carbonyl (C=O) groups is 1. The van der Waals surface area contributed by atoms with Crippen molar-refractivity contribution in [2.75, 3.05) is 39.4 Å². The van der Waals surface area contributed by atoms with Crippen LogP contribution in [0.1, 0.15) is 25.0 Å². The van der Waals surface area contributed by atoms with Crippen LogP contribution in [0, 0.1) is 5.92 Å². The molecule has 1 aliphatic heterocycles. The Kier molecular flexibility index (Phi) is 8.12. The third-order valence-corrected chi connectivity index (χ3v) is 4.14. The second-order valence-corrected chi connectivity index (χ2v) is 6.98. The summed E-state index contributed by atoms with van der Waals surface area (Å²) in [6.45, 7) is 8.29. The smallest absolute Gasteiger partial charge is 0.244 e. The predicted octanol–water partition coefficient (Wildman–Crippen LogP) is 1.71. The van der Waals surface area contributed by atoms with Gasteiger partial charge in [-0.2, -0.15) is 0 Å². The molecule has 1 atom stereocenters. The van der Waals surface area contributed by atoms with Crippen molar-refractivity contribution < 1.29 is 14.6 Å². The number of amides is 1. The molecule has 0 aliphatic carbocycles. The van der Waals surface area contributed by atoms with Gasteiger partial charge in [0.1, 0.15) is 0 Å². The minimum Gasteiger partial charge on any atom is -0.390 e. The van der Waals surface area contributed by atoms with E-state index in [1.807, 2.05) is 12.1 Å². The third-order valence-electron chi connectivity index (χ3n) is 4.14. The van der Waals surface area contributed by atoms with Crippen LogP contribution in [0.4, 0.5) is 0 Å². The second-order valence-electron chi connectivity index (χ2n) is 6.98. The van der Waals surface area contributed by atoms with Gasteiger partial charge >= 0.3 is 0 Å². The lowest BCUT2D eigenvalue weighted by atomic mass is 10.0. The van der Waals surface area contributed by atoms with E-state index in [4.69, 9.17) is 4.74 Å². The van der Waals surface area contributed by atoms with Gasteiger partial charge in [-0.05, 0) is 29.5 Å². The van der Waals surface area contributed by atoms with Crippen LogP contribution in [0.2, 0.25) is 0 Å². The quantitative estimate of drug-likeness (QED) is 0.704. The topological polar surface area (TPSA) is 61.8 Å². The number of hydrogen-bond acceptors (Lipinski definition) is 4. The molecule has 138 valence electrons. The van der Waals surface area contributed by atoms with Gasteiger partial charge in [-0.15, -0.1) is 0 Å². The summed E-state index contributed by atoms with van der Waals surface area (Å²) in [5.41, 5.74) is 2.30. The van der Waals surface area contributed by atoms with Crippen LogP contribution in [0.15, 0.2) is 30.3 Å². The monoisotopic (exact) mass is 346 g/mol. The number of rotatable bonds is 8. The number of morpholine rings is 1. The molecule has 1 heterocycles. The summed E-state index contributed by atoms with van der Waals surface area (Å²) in [6.07, 6.45) is 3.80. The maximum atomic E-state index is 11.9. The number of ether oxygens (including phenoxy) is 1. The highest BCUT2D eigenvalue weighted by atomic mass is 16.5. The average Bonchev–Trinajstić information content (AvgIpc) is 2.60. The standard InChI is InChI=1S/C20H30N2O3/c1-16(2)13-18-5-3-17(4-6-18)7-8-20(24)21-14-19(23)15-22-9-11-25-12-10-22/h3-8,16,19,23H,9-15H2,1-2H3,(H,21,24)/b8-7+. The van der Waals surface area contributed by atoms with E-state index >= 15 is 0 Å². The van der Waals surface area contributed by atoms with Crippen LogP contribution in [0.3, 0.4) is 0 Å². The molecule has 2 N–H and O–H groups in total. The van der Waals surface area contributed by atoms with Crippen molar-refractivity contribution in [3.05, 3.63) is 41.5 Å². The second kappa shape index (κ2) is 10.3. The summed E-state index contributed by atoms with van der Waals surface area (Å²) in [5.74, 6) is 0.448. The number of nitrogens with zero attached hydrogens (tertiary/aromatic N) is 1. The zero-order chi connectivity index (χ0) is 18.1. The highest BCUT2D eigenvalue weighted by molar-refractivity contribution is 5.91. The first-order valence-electron chi connectivity index (χ1n) is 9.06. The van der Waals surface area contributed by atoms with Gasteiger partial charge in [0.25, 0.3) is 0 Å². The molecule has 0 bridgehead atoms. The Balaban J connectivity index is 1.70. The van der Waals surface area contributed by atoms with Crippen molar-refractivity contribution >= 4 is 12.0 Å². The Hall–Kier alpha value is -1.69. The van der Waals surface area contributed by atoms with Gasteiger partial charge in [-0.1, -0.05) is 38.1 Å². The van der Waals surface area contributed by atoms with Gasteiger partial charge in [-0.25, -0.2) is 0 Å². The first kappa shape index (κ1) is 19.6. The first-order valence-corrected chi connectivity index (χ1v) is 9.06. The number of aliphatic hydroxyl groups excluding tert-OH is 1. The van der Waals surface area contributed by atoms with E-state index in [2.05, 4.69) is 36.2 Å². The minimum absolute atomic E-state index is 0.188. The molecule has 1 amide bonds. The summed E-state index contributed by atoms with van der Waals surface area (Å²) in [5, 5.41) is 12.8. The van der Waals surface area contributed by atoms with Gasteiger partial charge in [0.15, 0.2) is 0 Å². The number of β-amino-alcohol motifs (C(OH)–C–C–N with tert-alkyl or cyclic N) is 1. The van der Waals surface area contributed by atoms with E-state index in [1.54, 1.807) is 6.08 Å². The van der Waals surface area contributed by atoms with Crippen molar-refractivity contribution in [1.29, 1.82) is 0 Å². The van der Waals surface area contributed by atoms with E-state index in [9.17, 15) is 9.90 Å². The van der Waals surface area contributed by atoms with Gasteiger partial charge < -0.3 is 15.2 Å². The van der Waals surface area contributed by atoms with E-state index in [0.29, 0.717) is 25.7 Å². The molecule has 0 radical (unpaired) electrons. The molecule has 5 nitrogen and oxygen atoms in total. The fourth-order valence-electron chi connectivity index (χ4n) is 2.83. The average molecular weight is 346 g/mol. The molecule has 2 rings (SSSR count). The molecule has 1 saturated heterocycles. The van der Waals surface area contributed by atoms with Gasteiger partial charge in [0, 0.05) is 32.3 Å². The molecule has 0 aromatic heterocycles. The number of aliphatic hydroxyl groups is 1. The number of carbonyl (C=O) groups excluding carboxylic acids is 1. The van der Waals surface area contributed by atoms with Crippen LogP contribution >= 0.6 is 0 Å². The van der Waals surface area contributed by atoms with E-state index in [0.717, 1.165) is 25.1 Å².